The van der Waals surface area contributed by atoms with E-state index in [0.717, 1.165) is 36.1 Å². The highest BCUT2D eigenvalue weighted by Gasteiger charge is 2.45. The molecule has 0 radical (unpaired) electrons. The summed E-state index contributed by atoms with van der Waals surface area (Å²) in [6, 6.07) is 6.05. The number of halogens is 1. The minimum absolute atomic E-state index is 0. The number of hydrogen-bond acceptors (Lipinski definition) is 3. The molecular weight excluding hydrogens is 288 g/mol. The van der Waals surface area contributed by atoms with Crippen LogP contribution in [0.15, 0.2) is 18.2 Å². The summed E-state index contributed by atoms with van der Waals surface area (Å²) in [5, 5.41) is 2.91. The third kappa shape index (κ3) is 4.61. The Kier molecular flexibility index (Phi) is 6.05. The topological polar surface area (TPSA) is 64.3 Å². The number of amides is 1. The first-order chi connectivity index (χ1) is 9.44. The first kappa shape index (κ1) is 17.8. The van der Waals surface area contributed by atoms with Gasteiger partial charge in [-0.15, -0.1) is 12.4 Å². The molecule has 0 spiro atoms. The highest BCUT2D eigenvalue weighted by Crippen LogP contribution is 2.32. The summed E-state index contributed by atoms with van der Waals surface area (Å²) in [6.07, 6.45) is 2.67. The van der Waals surface area contributed by atoms with E-state index in [1.165, 1.54) is 0 Å². The van der Waals surface area contributed by atoms with Gasteiger partial charge in [0.25, 0.3) is 0 Å². The molecule has 0 aliphatic heterocycles. The van der Waals surface area contributed by atoms with Gasteiger partial charge in [0.2, 0.25) is 5.91 Å². The molecule has 1 fully saturated rings. The zero-order chi connectivity index (χ0) is 14.8. The van der Waals surface area contributed by atoms with E-state index in [9.17, 15) is 4.79 Å². The number of benzene rings is 1. The van der Waals surface area contributed by atoms with Crippen molar-refractivity contribution in [3.63, 3.8) is 0 Å². The van der Waals surface area contributed by atoms with Crippen LogP contribution in [-0.2, 0) is 11.3 Å². The molecule has 2 rings (SSSR count). The van der Waals surface area contributed by atoms with Crippen molar-refractivity contribution >= 4 is 18.3 Å². The molecule has 118 valence electrons. The molecule has 1 aliphatic carbocycles. The van der Waals surface area contributed by atoms with Crippen LogP contribution in [-0.4, -0.2) is 17.6 Å². The van der Waals surface area contributed by atoms with Gasteiger partial charge in [-0.05, 0) is 44.7 Å². The molecule has 1 aromatic rings. The molecule has 1 amide bonds. The zero-order valence-electron chi connectivity index (χ0n) is 12.9. The molecule has 1 saturated carbocycles. The second-order valence-corrected chi connectivity index (χ2v) is 5.79. The van der Waals surface area contributed by atoms with Gasteiger partial charge in [0.1, 0.15) is 5.75 Å². The molecule has 0 heterocycles. The Bertz CT molecular complexity index is 501. The van der Waals surface area contributed by atoms with E-state index in [1.54, 1.807) is 0 Å². The van der Waals surface area contributed by atoms with Crippen LogP contribution in [0.4, 0.5) is 0 Å². The molecule has 0 bridgehead atoms. The van der Waals surface area contributed by atoms with Crippen molar-refractivity contribution < 1.29 is 9.53 Å². The highest BCUT2D eigenvalue weighted by molar-refractivity contribution is 5.88. The fraction of sp³-hybridized carbons (Fsp3) is 0.562. The van der Waals surface area contributed by atoms with Gasteiger partial charge in [0, 0.05) is 12.1 Å². The van der Waals surface area contributed by atoms with Crippen LogP contribution in [0.25, 0.3) is 0 Å². The first-order valence-corrected chi connectivity index (χ1v) is 7.28. The van der Waals surface area contributed by atoms with Gasteiger partial charge in [-0.2, -0.15) is 0 Å². The van der Waals surface area contributed by atoms with E-state index < -0.39 is 5.54 Å². The zero-order valence-corrected chi connectivity index (χ0v) is 13.8. The second-order valence-electron chi connectivity index (χ2n) is 5.79. The molecule has 1 aliphatic rings. The summed E-state index contributed by atoms with van der Waals surface area (Å²) >= 11 is 0. The van der Waals surface area contributed by atoms with E-state index in [1.807, 2.05) is 32.0 Å². The standard InChI is InChI=1S/C16H24N2O2.ClH/c1-4-12(3)20-14-9-11(2)5-6-13(14)10-18-15(19)16(17)7-8-16;/h5-6,9,12H,4,7-8,10,17H2,1-3H3,(H,18,19);1H. The normalized spacial score (nSPS) is 16.6. The SMILES string of the molecule is CCC(C)Oc1cc(C)ccc1CNC(=O)C1(N)CC1.Cl. The van der Waals surface area contributed by atoms with E-state index in [0.29, 0.717) is 6.54 Å². The lowest BCUT2D eigenvalue weighted by molar-refractivity contribution is -0.123. The van der Waals surface area contributed by atoms with E-state index >= 15 is 0 Å². The van der Waals surface area contributed by atoms with Crippen LogP contribution in [0.2, 0.25) is 0 Å². The third-order valence-electron chi connectivity index (χ3n) is 3.81. The average Bonchev–Trinajstić information content (AvgIpc) is 3.16. The van der Waals surface area contributed by atoms with Crippen molar-refractivity contribution in [2.24, 2.45) is 5.73 Å². The molecule has 1 atom stereocenters. The quantitative estimate of drug-likeness (QED) is 0.849. The van der Waals surface area contributed by atoms with Gasteiger partial charge in [0.05, 0.1) is 11.6 Å². The van der Waals surface area contributed by atoms with Crippen LogP contribution >= 0.6 is 12.4 Å². The first-order valence-electron chi connectivity index (χ1n) is 7.28. The Morgan fingerprint density at radius 1 is 1.48 bits per heavy atom. The van der Waals surface area contributed by atoms with Crippen LogP contribution in [0.5, 0.6) is 5.75 Å². The van der Waals surface area contributed by atoms with Gasteiger partial charge < -0.3 is 15.8 Å². The number of rotatable bonds is 6. The molecule has 1 aromatic carbocycles. The smallest absolute Gasteiger partial charge is 0.240 e. The lowest BCUT2D eigenvalue weighted by atomic mass is 10.1. The maximum Gasteiger partial charge on any atom is 0.240 e. The Hall–Kier alpha value is -1.26. The largest absolute Gasteiger partial charge is 0.490 e. The van der Waals surface area contributed by atoms with Gasteiger partial charge in [-0.3, -0.25) is 4.79 Å². The van der Waals surface area contributed by atoms with Crippen LogP contribution in [0.3, 0.4) is 0 Å². The van der Waals surface area contributed by atoms with Crippen molar-refractivity contribution in [1.29, 1.82) is 0 Å². The van der Waals surface area contributed by atoms with E-state index in [4.69, 9.17) is 10.5 Å². The van der Waals surface area contributed by atoms with Crippen molar-refractivity contribution in [3.05, 3.63) is 29.3 Å². The summed E-state index contributed by atoms with van der Waals surface area (Å²) in [6.45, 7) is 6.63. The minimum atomic E-state index is -0.623. The van der Waals surface area contributed by atoms with Crippen molar-refractivity contribution in [3.8, 4) is 5.75 Å². The van der Waals surface area contributed by atoms with Gasteiger partial charge in [0.15, 0.2) is 0 Å². The predicted molar refractivity (Wildman–Crippen MR) is 86.8 cm³/mol. The molecule has 1 unspecified atom stereocenters. The van der Waals surface area contributed by atoms with Gasteiger partial charge >= 0.3 is 0 Å². The summed E-state index contributed by atoms with van der Waals surface area (Å²) in [4.78, 5) is 11.9. The van der Waals surface area contributed by atoms with Crippen molar-refractivity contribution in [2.45, 2.75) is 58.2 Å². The predicted octanol–water partition coefficient (Wildman–Crippen LogP) is 2.70. The fourth-order valence-electron chi connectivity index (χ4n) is 1.93. The lowest BCUT2D eigenvalue weighted by Gasteiger charge is -2.18. The van der Waals surface area contributed by atoms with Crippen molar-refractivity contribution in [1.82, 2.24) is 5.32 Å². The maximum atomic E-state index is 11.9. The van der Waals surface area contributed by atoms with Crippen LogP contribution in [0, 0.1) is 6.92 Å². The monoisotopic (exact) mass is 312 g/mol. The molecule has 0 saturated heterocycles. The molecular formula is C16H25ClN2O2. The summed E-state index contributed by atoms with van der Waals surface area (Å²) in [5.74, 6) is 0.786. The maximum absolute atomic E-state index is 11.9. The number of carbonyl (C=O) groups excluding carboxylic acids is 1. The molecule has 0 aromatic heterocycles. The summed E-state index contributed by atoms with van der Waals surface area (Å²) in [5.41, 5.74) is 7.40. The second kappa shape index (κ2) is 7.14. The number of aryl methyl sites for hydroxylation is 1. The molecule has 21 heavy (non-hydrogen) atoms. The molecule has 3 N–H and O–H groups in total. The summed E-state index contributed by atoms with van der Waals surface area (Å²) in [7, 11) is 0. The summed E-state index contributed by atoms with van der Waals surface area (Å²) < 4.78 is 5.93. The number of ether oxygens (including phenoxy) is 1. The fourth-order valence-corrected chi connectivity index (χ4v) is 1.93. The van der Waals surface area contributed by atoms with Crippen LogP contribution in [0.1, 0.15) is 44.2 Å². The molecule has 4 nitrogen and oxygen atoms in total. The van der Waals surface area contributed by atoms with Crippen molar-refractivity contribution in [2.75, 3.05) is 0 Å². The minimum Gasteiger partial charge on any atom is -0.490 e. The van der Waals surface area contributed by atoms with Gasteiger partial charge in [-0.1, -0.05) is 19.1 Å². The number of nitrogens with two attached hydrogens (primary N) is 1. The van der Waals surface area contributed by atoms with E-state index in [-0.39, 0.29) is 24.4 Å². The molecule has 5 heteroatoms. The number of hydrogen-bond donors (Lipinski definition) is 2. The third-order valence-corrected chi connectivity index (χ3v) is 3.81. The Morgan fingerprint density at radius 3 is 2.71 bits per heavy atom. The van der Waals surface area contributed by atoms with Crippen LogP contribution < -0.4 is 15.8 Å². The number of nitrogens with one attached hydrogen (secondary N) is 1. The Morgan fingerprint density at radius 2 is 2.14 bits per heavy atom. The van der Waals surface area contributed by atoms with Gasteiger partial charge in [-0.25, -0.2) is 0 Å². The Labute approximate surface area is 132 Å². The van der Waals surface area contributed by atoms with E-state index in [2.05, 4.69) is 12.2 Å². The lowest BCUT2D eigenvalue weighted by Crippen LogP contribution is -2.42. The number of carbonyl (C=O) groups is 1. The highest BCUT2D eigenvalue weighted by atomic mass is 35.5. The Balaban J connectivity index is 0.00000220. The average molecular weight is 313 g/mol.